The largest absolute Gasteiger partial charge is 0.497 e. The molecule has 2 rings (SSSR count). The van der Waals surface area contributed by atoms with Crippen LogP contribution < -0.4 is 14.8 Å². The zero-order valence-corrected chi connectivity index (χ0v) is 19.4. The number of aryl methyl sites for hydroxylation is 2. The minimum Gasteiger partial charge on any atom is -0.497 e. The quantitative estimate of drug-likeness (QED) is 0.623. The van der Waals surface area contributed by atoms with Gasteiger partial charge in [0.25, 0.3) is 5.91 Å². The lowest BCUT2D eigenvalue weighted by Crippen LogP contribution is -2.50. The van der Waals surface area contributed by atoms with E-state index in [1.54, 1.807) is 18.9 Å². The van der Waals surface area contributed by atoms with Gasteiger partial charge in [-0.2, -0.15) is 0 Å². The van der Waals surface area contributed by atoms with Gasteiger partial charge in [-0.15, -0.1) is 0 Å². The van der Waals surface area contributed by atoms with Crippen LogP contribution in [-0.4, -0.2) is 42.5 Å². The Morgan fingerprint density at radius 1 is 1.06 bits per heavy atom. The monoisotopic (exact) mass is 426 g/mol. The first-order valence-corrected chi connectivity index (χ1v) is 10.7. The van der Waals surface area contributed by atoms with E-state index in [1.807, 2.05) is 70.2 Å². The van der Waals surface area contributed by atoms with Gasteiger partial charge < -0.3 is 19.7 Å². The van der Waals surface area contributed by atoms with Crippen LogP contribution in [0, 0.1) is 13.8 Å². The van der Waals surface area contributed by atoms with Crippen LogP contribution in [0.5, 0.6) is 11.5 Å². The third-order valence-corrected chi connectivity index (χ3v) is 5.36. The highest BCUT2D eigenvalue weighted by Gasteiger charge is 2.27. The molecule has 6 heteroatoms. The molecule has 0 heterocycles. The summed E-state index contributed by atoms with van der Waals surface area (Å²) in [5.41, 5.74) is 3.01. The molecular formula is C25H34N2O4. The smallest absolute Gasteiger partial charge is 0.261 e. The maximum atomic E-state index is 13.1. The van der Waals surface area contributed by atoms with E-state index in [0.717, 1.165) is 28.9 Å². The molecule has 0 aliphatic heterocycles. The van der Waals surface area contributed by atoms with E-state index < -0.39 is 6.04 Å². The fraction of sp³-hybridized carbons (Fsp3) is 0.440. The molecule has 2 aromatic carbocycles. The number of nitrogens with zero attached hydrogens (tertiary/aromatic N) is 1. The van der Waals surface area contributed by atoms with Crippen molar-refractivity contribution in [1.29, 1.82) is 0 Å². The maximum absolute atomic E-state index is 13.1. The highest BCUT2D eigenvalue weighted by molar-refractivity contribution is 5.88. The summed E-state index contributed by atoms with van der Waals surface area (Å²) in [6.07, 6.45) is 0.820. The van der Waals surface area contributed by atoms with Gasteiger partial charge in [-0.3, -0.25) is 9.59 Å². The van der Waals surface area contributed by atoms with E-state index in [1.165, 1.54) is 0 Å². The van der Waals surface area contributed by atoms with Crippen LogP contribution in [0.15, 0.2) is 42.5 Å². The van der Waals surface area contributed by atoms with Crippen LogP contribution in [-0.2, 0) is 16.1 Å². The summed E-state index contributed by atoms with van der Waals surface area (Å²) in [4.78, 5) is 27.4. The predicted octanol–water partition coefficient (Wildman–Crippen LogP) is 4.02. The number of carbonyl (C=O) groups is 2. The zero-order chi connectivity index (χ0) is 23.0. The topological polar surface area (TPSA) is 67.9 Å². The van der Waals surface area contributed by atoms with Crippen LogP contribution in [0.3, 0.4) is 0 Å². The van der Waals surface area contributed by atoms with E-state index >= 15 is 0 Å². The second-order valence-corrected chi connectivity index (χ2v) is 7.92. The second-order valence-electron chi connectivity index (χ2n) is 7.92. The maximum Gasteiger partial charge on any atom is 0.261 e. The first kappa shape index (κ1) is 24.3. The highest BCUT2D eigenvalue weighted by Crippen LogP contribution is 2.20. The highest BCUT2D eigenvalue weighted by atomic mass is 16.5. The number of hydrogen-bond donors (Lipinski definition) is 1. The van der Waals surface area contributed by atoms with Crippen molar-refractivity contribution >= 4 is 11.8 Å². The Balaban J connectivity index is 2.17. The first-order chi connectivity index (χ1) is 14.7. The average Bonchev–Trinajstić information content (AvgIpc) is 2.76. The van der Waals surface area contributed by atoms with E-state index in [-0.39, 0.29) is 24.5 Å². The minimum absolute atomic E-state index is 0.0411. The summed E-state index contributed by atoms with van der Waals surface area (Å²) < 4.78 is 11.0. The van der Waals surface area contributed by atoms with Gasteiger partial charge in [0, 0.05) is 12.6 Å². The lowest BCUT2D eigenvalue weighted by atomic mass is 10.1. The number of rotatable bonds is 10. The summed E-state index contributed by atoms with van der Waals surface area (Å²) in [6, 6.07) is 12.7. The summed E-state index contributed by atoms with van der Waals surface area (Å²) in [5, 5.41) is 2.96. The van der Waals surface area contributed by atoms with Crippen molar-refractivity contribution in [3.8, 4) is 11.5 Å². The van der Waals surface area contributed by atoms with Crippen molar-refractivity contribution < 1.29 is 19.1 Å². The molecule has 0 aromatic heterocycles. The Labute approximate surface area is 185 Å². The first-order valence-electron chi connectivity index (χ1n) is 10.7. The standard InChI is InChI=1S/C25H34N2O4/c1-7-19(4)26-25(29)20(5)27(15-21-9-11-22(30-6)12-10-21)24(28)16-31-23-13-8-17(2)14-18(23)3/h8-14,19-20H,7,15-16H2,1-6H3,(H,26,29)/t19-,20+/m1/s1. The molecule has 0 saturated heterocycles. The zero-order valence-electron chi connectivity index (χ0n) is 19.4. The van der Waals surface area contributed by atoms with Crippen molar-refractivity contribution in [1.82, 2.24) is 10.2 Å². The SMILES string of the molecule is CC[C@@H](C)NC(=O)[C@H](C)N(Cc1ccc(OC)cc1)C(=O)COc1ccc(C)cc1C. The number of nitrogens with one attached hydrogen (secondary N) is 1. The molecule has 0 radical (unpaired) electrons. The Morgan fingerprint density at radius 2 is 1.74 bits per heavy atom. The minimum atomic E-state index is -0.633. The molecule has 2 aromatic rings. The molecule has 6 nitrogen and oxygen atoms in total. The number of hydrogen-bond acceptors (Lipinski definition) is 4. The van der Waals surface area contributed by atoms with Gasteiger partial charge in [-0.25, -0.2) is 0 Å². The number of carbonyl (C=O) groups excluding carboxylic acids is 2. The Bertz CT molecular complexity index is 880. The molecule has 0 spiro atoms. The summed E-state index contributed by atoms with van der Waals surface area (Å²) in [5.74, 6) is 0.979. The molecule has 0 unspecified atom stereocenters. The van der Waals surface area contributed by atoms with Gasteiger partial charge in [0.1, 0.15) is 17.5 Å². The fourth-order valence-electron chi connectivity index (χ4n) is 3.16. The van der Waals surface area contributed by atoms with Gasteiger partial charge in [-0.05, 0) is 63.4 Å². The van der Waals surface area contributed by atoms with E-state index in [4.69, 9.17) is 9.47 Å². The summed E-state index contributed by atoms with van der Waals surface area (Å²) >= 11 is 0. The molecular weight excluding hydrogens is 392 g/mol. The number of benzene rings is 2. The van der Waals surface area contributed by atoms with Gasteiger partial charge >= 0.3 is 0 Å². The predicted molar refractivity (Wildman–Crippen MR) is 122 cm³/mol. The molecule has 168 valence electrons. The van der Waals surface area contributed by atoms with Crippen molar-refractivity contribution in [2.45, 2.75) is 59.7 Å². The fourth-order valence-corrected chi connectivity index (χ4v) is 3.16. The Hall–Kier alpha value is -3.02. The van der Waals surface area contributed by atoms with Crippen molar-refractivity contribution in [3.05, 3.63) is 59.2 Å². The molecule has 0 aliphatic rings. The van der Waals surface area contributed by atoms with Gasteiger partial charge in [-0.1, -0.05) is 36.8 Å². The lowest BCUT2D eigenvalue weighted by molar-refractivity contribution is -0.142. The molecule has 0 bridgehead atoms. The number of amides is 2. The molecule has 0 fully saturated rings. The van der Waals surface area contributed by atoms with E-state index in [2.05, 4.69) is 5.32 Å². The average molecular weight is 427 g/mol. The van der Waals surface area contributed by atoms with Gasteiger partial charge in [0.2, 0.25) is 5.91 Å². The van der Waals surface area contributed by atoms with E-state index in [9.17, 15) is 9.59 Å². The molecule has 31 heavy (non-hydrogen) atoms. The van der Waals surface area contributed by atoms with Crippen LogP contribution in [0.2, 0.25) is 0 Å². The van der Waals surface area contributed by atoms with Crippen LogP contribution in [0.25, 0.3) is 0 Å². The number of methoxy groups -OCH3 is 1. The lowest BCUT2D eigenvalue weighted by Gasteiger charge is -2.29. The Morgan fingerprint density at radius 3 is 2.32 bits per heavy atom. The van der Waals surface area contributed by atoms with Crippen LogP contribution in [0.1, 0.15) is 43.9 Å². The van der Waals surface area contributed by atoms with Crippen molar-refractivity contribution in [3.63, 3.8) is 0 Å². The summed E-state index contributed by atoms with van der Waals surface area (Å²) in [6.45, 7) is 9.82. The van der Waals surface area contributed by atoms with Crippen molar-refractivity contribution in [2.24, 2.45) is 0 Å². The summed E-state index contributed by atoms with van der Waals surface area (Å²) in [7, 11) is 1.61. The van der Waals surface area contributed by atoms with Crippen LogP contribution in [0.4, 0.5) is 0 Å². The molecule has 2 atom stereocenters. The molecule has 0 aliphatic carbocycles. The Kier molecular flexibility index (Phi) is 8.91. The van der Waals surface area contributed by atoms with E-state index in [0.29, 0.717) is 12.3 Å². The van der Waals surface area contributed by atoms with Crippen molar-refractivity contribution in [2.75, 3.05) is 13.7 Å². The molecule has 1 N–H and O–H groups in total. The van der Waals surface area contributed by atoms with Crippen LogP contribution >= 0.6 is 0 Å². The normalized spacial score (nSPS) is 12.6. The van der Waals surface area contributed by atoms with Gasteiger partial charge in [0.05, 0.1) is 7.11 Å². The van der Waals surface area contributed by atoms with Gasteiger partial charge in [0.15, 0.2) is 6.61 Å². The molecule has 2 amide bonds. The second kappa shape index (κ2) is 11.4. The molecule has 0 saturated carbocycles. The third-order valence-electron chi connectivity index (χ3n) is 5.36. The number of ether oxygens (including phenoxy) is 2. The third kappa shape index (κ3) is 7.02.